The quantitative estimate of drug-likeness (QED) is 0.574. The molecule has 1 rings (SSSR count). The van der Waals surface area contributed by atoms with Gasteiger partial charge in [0.05, 0.1) is 6.61 Å². The summed E-state index contributed by atoms with van der Waals surface area (Å²) in [5, 5.41) is 29.2. The van der Waals surface area contributed by atoms with Crippen molar-refractivity contribution in [3.8, 4) is 0 Å². The molecule has 2 unspecified atom stereocenters. The molecular formula is C10H20O6. The first-order chi connectivity index (χ1) is 7.35. The van der Waals surface area contributed by atoms with Crippen LogP contribution in [0.5, 0.6) is 0 Å². The molecule has 0 aromatic heterocycles. The number of aliphatic hydroxyl groups is 3. The molecule has 1 heterocycles. The summed E-state index contributed by atoms with van der Waals surface area (Å²) in [6.45, 7) is 2.73. The maximum atomic E-state index is 10.0. The molecule has 0 aromatic rings. The van der Waals surface area contributed by atoms with Crippen LogP contribution in [0.3, 0.4) is 0 Å². The molecule has 0 amide bonds. The molecule has 6 heteroatoms. The molecule has 1 fully saturated rings. The highest BCUT2D eigenvalue weighted by Crippen LogP contribution is 2.37. The predicted octanol–water partition coefficient (Wildman–Crippen LogP) is -1.13. The molecule has 16 heavy (non-hydrogen) atoms. The van der Waals surface area contributed by atoms with Crippen molar-refractivity contribution in [2.75, 3.05) is 20.8 Å². The van der Waals surface area contributed by atoms with Gasteiger partial charge in [0.2, 0.25) is 0 Å². The van der Waals surface area contributed by atoms with Crippen molar-refractivity contribution in [1.29, 1.82) is 0 Å². The fraction of sp³-hybridized carbons (Fsp3) is 1.00. The Kier molecular flexibility index (Phi) is 3.94. The number of aliphatic hydroxyl groups excluding tert-OH is 3. The lowest BCUT2D eigenvalue weighted by Crippen LogP contribution is -2.70. The maximum absolute atomic E-state index is 10.0. The number of rotatable bonds is 3. The summed E-state index contributed by atoms with van der Waals surface area (Å²) in [6, 6.07) is 0. The molecule has 3 N–H and O–H groups in total. The minimum absolute atomic E-state index is 0.340. The fourth-order valence-electron chi connectivity index (χ4n) is 1.90. The van der Waals surface area contributed by atoms with Crippen LogP contribution in [0, 0.1) is 0 Å². The highest BCUT2D eigenvalue weighted by atomic mass is 16.7. The molecular weight excluding hydrogens is 216 g/mol. The standard InChI is InChI=1S/C10H20O6/c1-9(14-3)6(5-11)16-10(2,15-4)8(13)7(9)12/h6-8,11-13H,5H2,1-4H3/t6?,7-,8?,9+,10+/m0/s1. The molecule has 1 aliphatic heterocycles. The zero-order valence-corrected chi connectivity index (χ0v) is 10.0. The van der Waals surface area contributed by atoms with E-state index < -0.39 is 29.7 Å². The lowest BCUT2D eigenvalue weighted by atomic mass is 9.82. The van der Waals surface area contributed by atoms with Crippen LogP contribution in [0.15, 0.2) is 0 Å². The third-order valence-corrected chi connectivity index (χ3v) is 3.45. The van der Waals surface area contributed by atoms with E-state index in [0.29, 0.717) is 0 Å². The van der Waals surface area contributed by atoms with E-state index in [2.05, 4.69) is 0 Å². The second kappa shape index (κ2) is 4.56. The Morgan fingerprint density at radius 3 is 2.06 bits per heavy atom. The summed E-state index contributed by atoms with van der Waals surface area (Å²) < 4.78 is 15.6. The first kappa shape index (κ1) is 13.8. The molecule has 0 saturated carbocycles. The van der Waals surface area contributed by atoms with Crippen molar-refractivity contribution in [2.24, 2.45) is 0 Å². The molecule has 0 aromatic carbocycles. The van der Waals surface area contributed by atoms with E-state index in [9.17, 15) is 15.3 Å². The van der Waals surface area contributed by atoms with Gasteiger partial charge in [0, 0.05) is 14.2 Å². The average Bonchev–Trinajstić information content (AvgIpc) is 2.31. The smallest absolute Gasteiger partial charge is 0.194 e. The molecule has 1 saturated heterocycles. The van der Waals surface area contributed by atoms with Crippen LogP contribution in [0.2, 0.25) is 0 Å². The van der Waals surface area contributed by atoms with Gasteiger partial charge in [-0.05, 0) is 13.8 Å². The summed E-state index contributed by atoms with van der Waals surface area (Å²) >= 11 is 0. The van der Waals surface area contributed by atoms with Crippen LogP contribution < -0.4 is 0 Å². The second-order valence-corrected chi connectivity index (χ2v) is 4.29. The van der Waals surface area contributed by atoms with Crippen molar-refractivity contribution in [3.63, 3.8) is 0 Å². The highest BCUT2D eigenvalue weighted by Gasteiger charge is 2.58. The van der Waals surface area contributed by atoms with Gasteiger partial charge >= 0.3 is 0 Å². The third kappa shape index (κ3) is 1.85. The lowest BCUT2D eigenvalue weighted by molar-refractivity contribution is -0.373. The zero-order valence-electron chi connectivity index (χ0n) is 10.0. The molecule has 96 valence electrons. The summed E-state index contributed by atoms with van der Waals surface area (Å²) in [4.78, 5) is 0. The van der Waals surface area contributed by atoms with E-state index in [0.717, 1.165) is 0 Å². The Bertz CT molecular complexity index is 243. The van der Waals surface area contributed by atoms with Crippen molar-refractivity contribution in [2.45, 2.75) is 43.5 Å². The first-order valence-corrected chi connectivity index (χ1v) is 5.10. The topological polar surface area (TPSA) is 88.4 Å². The van der Waals surface area contributed by atoms with Gasteiger partial charge in [0.25, 0.3) is 0 Å². The molecule has 0 spiro atoms. The van der Waals surface area contributed by atoms with Crippen molar-refractivity contribution in [3.05, 3.63) is 0 Å². The second-order valence-electron chi connectivity index (χ2n) is 4.29. The summed E-state index contributed by atoms with van der Waals surface area (Å²) in [5.74, 6) is -1.36. The summed E-state index contributed by atoms with van der Waals surface area (Å²) in [7, 11) is 2.75. The van der Waals surface area contributed by atoms with Crippen molar-refractivity contribution < 1.29 is 29.5 Å². The first-order valence-electron chi connectivity index (χ1n) is 5.10. The minimum Gasteiger partial charge on any atom is -0.394 e. The normalized spacial score (nSPS) is 49.3. The minimum atomic E-state index is -1.36. The Balaban J connectivity index is 3.04. The van der Waals surface area contributed by atoms with Crippen LogP contribution in [0.1, 0.15) is 13.8 Å². The molecule has 5 atom stereocenters. The third-order valence-electron chi connectivity index (χ3n) is 3.45. The van der Waals surface area contributed by atoms with Crippen LogP contribution in [0.4, 0.5) is 0 Å². The van der Waals surface area contributed by atoms with Crippen LogP contribution in [-0.4, -0.2) is 65.8 Å². The van der Waals surface area contributed by atoms with E-state index in [1.54, 1.807) is 6.92 Å². The number of methoxy groups -OCH3 is 2. The monoisotopic (exact) mass is 236 g/mol. The van der Waals surface area contributed by atoms with Crippen LogP contribution >= 0.6 is 0 Å². The van der Waals surface area contributed by atoms with Gasteiger partial charge in [-0.15, -0.1) is 0 Å². The maximum Gasteiger partial charge on any atom is 0.194 e. The lowest BCUT2D eigenvalue weighted by Gasteiger charge is -2.52. The van der Waals surface area contributed by atoms with E-state index in [1.165, 1.54) is 21.1 Å². The summed E-state index contributed by atoms with van der Waals surface area (Å²) in [5.41, 5.74) is -1.17. The van der Waals surface area contributed by atoms with Crippen molar-refractivity contribution in [1.82, 2.24) is 0 Å². The predicted molar refractivity (Wildman–Crippen MR) is 54.8 cm³/mol. The number of hydrogen-bond donors (Lipinski definition) is 3. The van der Waals surface area contributed by atoms with Crippen LogP contribution in [0.25, 0.3) is 0 Å². The number of ether oxygens (including phenoxy) is 3. The van der Waals surface area contributed by atoms with Gasteiger partial charge in [-0.1, -0.05) is 0 Å². The van der Waals surface area contributed by atoms with Gasteiger partial charge in [0.1, 0.15) is 23.9 Å². The Morgan fingerprint density at radius 2 is 1.69 bits per heavy atom. The van der Waals surface area contributed by atoms with E-state index in [1.807, 2.05) is 0 Å². The van der Waals surface area contributed by atoms with E-state index in [-0.39, 0.29) is 6.61 Å². The molecule has 1 aliphatic rings. The van der Waals surface area contributed by atoms with Gasteiger partial charge < -0.3 is 29.5 Å². The van der Waals surface area contributed by atoms with Gasteiger partial charge in [-0.25, -0.2) is 0 Å². The highest BCUT2D eigenvalue weighted by molar-refractivity contribution is 5.03. The Hall–Kier alpha value is -0.240. The fourth-order valence-corrected chi connectivity index (χ4v) is 1.90. The summed E-state index contributed by atoms with van der Waals surface area (Å²) in [6.07, 6.45) is -3.25. The number of hydrogen-bond acceptors (Lipinski definition) is 6. The van der Waals surface area contributed by atoms with Crippen molar-refractivity contribution >= 4 is 0 Å². The average molecular weight is 236 g/mol. The van der Waals surface area contributed by atoms with Gasteiger partial charge in [-0.3, -0.25) is 0 Å². The molecule has 0 radical (unpaired) electrons. The Labute approximate surface area is 94.7 Å². The van der Waals surface area contributed by atoms with Crippen LogP contribution in [-0.2, 0) is 14.2 Å². The molecule has 6 nitrogen and oxygen atoms in total. The zero-order chi connectivity index (χ0) is 12.6. The SMILES string of the molecule is CO[C@]1(C)OC(CO)[C@@](C)(OC)[C@@H](O)C1O. The molecule has 0 aliphatic carbocycles. The van der Waals surface area contributed by atoms with Gasteiger partial charge in [-0.2, -0.15) is 0 Å². The Morgan fingerprint density at radius 1 is 1.12 bits per heavy atom. The van der Waals surface area contributed by atoms with E-state index in [4.69, 9.17) is 14.2 Å². The largest absolute Gasteiger partial charge is 0.394 e. The van der Waals surface area contributed by atoms with E-state index >= 15 is 0 Å². The van der Waals surface area contributed by atoms with Gasteiger partial charge in [0.15, 0.2) is 5.79 Å². The molecule has 0 bridgehead atoms.